The molecule has 0 spiro atoms. The lowest BCUT2D eigenvalue weighted by Gasteiger charge is -2.49. The van der Waals surface area contributed by atoms with Crippen molar-refractivity contribution in [1.29, 1.82) is 0 Å². The van der Waals surface area contributed by atoms with E-state index in [4.69, 9.17) is 0 Å². The van der Waals surface area contributed by atoms with Crippen molar-refractivity contribution < 1.29 is 4.79 Å². The Kier molecular flexibility index (Phi) is 3.91. The highest BCUT2D eigenvalue weighted by atomic mass is 32.1. The number of aromatic nitrogens is 1. The molecule has 1 amide bonds. The summed E-state index contributed by atoms with van der Waals surface area (Å²) in [7, 11) is 0. The van der Waals surface area contributed by atoms with E-state index in [0.717, 1.165) is 10.4 Å². The zero-order chi connectivity index (χ0) is 15.8. The minimum Gasteiger partial charge on any atom is -0.345 e. The van der Waals surface area contributed by atoms with Gasteiger partial charge in [-0.05, 0) is 44.3 Å². The summed E-state index contributed by atoms with van der Waals surface area (Å²) < 4.78 is 0. The molecule has 1 aromatic carbocycles. The van der Waals surface area contributed by atoms with Crippen LogP contribution in [0.4, 0.5) is 0 Å². The second-order valence-electron chi connectivity index (χ2n) is 6.51. The fraction of sp³-hybridized carbons (Fsp3) is 0.444. The molecule has 120 valence electrons. The maximum atomic E-state index is 12.6. The van der Waals surface area contributed by atoms with Crippen LogP contribution in [0.15, 0.2) is 36.5 Å². The van der Waals surface area contributed by atoms with E-state index >= 15 is 0 Å². The van der Waals surface area contributed by atoms with Crippen molar-refractivity contribution in [1.82, 2.24) is 15.2 Å². The lowest BCUT2D eigenvalue weighted by molar-refractivity contribution is 0.0217. The highest BCUT2D eigenvalue weighted by Gasteiger charge is 2.40. The van der Waals surface area contributed by atoms with Crippen LogP contribution in [0, 0.1) is 5.92 Å². The number of hydrogen-bond donors (Lipinski definition) is 1. The van der Waals surface area contributed by atoms with E-state index in [1.807, 2.05) is 30.3 Å². The van der Waals surface area contributed by atoms with Gasteiger partial charge in [0, 0.05) is 18.3 Å². The molecule has 4 heterocycles. The molecule has 0 radical (unpaired) electrons. The van der Waals surface area contributed by atoms with Gasteiger partial charge in [-0.2, -0.15) is 0 Å². The largest absolute Gasteiger partial charge is 0.345 e. The summed E-state index contributed by atoms with van der Waals surface area (Å²) in [6.45, 7) is 4.58. The molecule has 2 bridgehead atoms. The van der Waals surface area contributed by atoms with Gasteiger partial charge in [-0.1, -0.05) is 30.3 Å². The molecule has 4 nitrogen and oxygen atoms in total. The van der Waals surface area contributed by atoms with Crippen LogP contribution in [0.5, 0.6) is 0 Å². The summed E-state index contributed by atoms with van der Waals surface area (Å²) in [5.74, 6) is 0.593. The Bertz CT molecular complexity index is 689. The number of nitrogens with zero attached hydrogens (tertiary/aromatic N) is 2. The zero-order valence-electron chi connectivity index (χ0n) is 13.2. The minimum absolute atomic E-state index is 0.0252. The molecule has 0 aliphatic carbocycles. The van der Waals surface area contributed by atoms with Crippen molar-refractivity contribution in [2.75, 3.05) is 13.1 Å². The van der Waals surface area contributed by atoms with Crippen molar-refractivity contribution in [3.05, 3.63) is 41.5 Å². The predicted molar refractivity (Wildman–Crippen MR) is 92.6 cm³/mol. The number of nitrogens with one attached hydrogen (secondary N) is 1. The molecule has 2 atom stereocenters. The number of piperidine rings is 3. The third-order valence-corrected chi connectivity index (χ3v) is 6.28. The fourth-order valence-corrected chi connectivity index (χ4v) is 4.70. The lowest BCUT2D eigenvalue weighted by Crippen LogP contribution is -2.62. The van der Waals surface area contributed by atoms with Gasteiger partial charge < -0.3 is 5.32 Å². The first-order valence-electron chi connectivity index (χ1n) is 8.28. The number of benzene rings is 1. The Morgan fingerprint density at radius 3 is 2.70 bits per heavy atom. The quantitative estimate of drug-likeness (QED) is 0.942. The molecule has 3 aliphatic rings. The topological polar surface area (TPSA) is 45.2 Å². The molecule has 1 aromatic heterocycles. The van der Waals surface area contributed by atoms with Gasteiger partial charge in [0.05, 0.1) is 4.88 Å². The predicted octanol–water partition coefficient (Wildman–Crippen LogP) is 3.02. The maximum absolute atomic E-state index is 12.6. The van der Waals surface area contributed by atoms with Gasteiger partial charge in [-0.25, -0.2) is 4.98 Å². The van der Waals surface area contributed by atoms with Crippen molar-refractivity contribution in [3.63, 3.8) is 0 Å². The average molecular weight is 327 g/mol. The molecule has 5 heteroatoms. The Morgan fingerprint density at radius 1 is 1.26 bits per heavy atom. The Morgan fingerprint density at radius 2 is 2.00 bits per heavy atom. The van der Waals surface area contributed by atoms with E-state index in [1.165, 1.54) is 37.3 Å². The maximum Gasteiger partial charge on any atom is 0.280 e. The molecule has 5 rings (SSSR count). The lowest BCUT2D eigenvalue weighted by atomic mass is 9.79. The molecule has 2 unspecified atom stereocenters. The first kappa shape index (κ1) is 14.8. The van der Waals surface area contributed by atoms with E-state index in [-0.39, 0.29) is 11.9 Å². The third kappa shape index (κ3) is 2.79. The van der Waals surface area contributed by atoms with Crippen LogP contribution < -0.4 is 5.32 Å². The number of carbonyl (C=O) groups is 1. The van der Waals surface area contributed by atoms with E-state index < -0.39 is 0 Å². The van der Waals surface area contributed by atoms with E-state index in [0.29, 0.717) is 17.0 Å². The van der Waals surface area contributed by atoms with Gasteiger partial charge >= 0.3 is 0 Å². The number of fused-ring (bicyclic) bond motifs is 3. The van der Waals surface area contributed by atoms with Crippen molar-refractivity contribution >= 4 is 17.2 Å². The molecule has 0 saturated carbocycles. The molecule has 3 fully saturated rings. The summed E-state index contributed by atoms with van der Waals surface area (Å²) in [4.78, 5) is 20.5. The summed E-state index contributed by atoms with van der Waals surface area (Å²) in [6, 6.07) is 10.8. The summed E-state index contributed by atoms with van der Waals surface area (Å²) in [5, 5.41) is 3.81. The number of rotatable bonds is 3. The number of thiazole rings is 1. The first-order chi connectivity index (χ1) is 11.2. The Balaban J connectivity index is 1.49. The molecular formula is C18H21N3OS. The molecule has 1 N–H and O–H groups in total. The number of hydrogen-bond acceptors (Lipinski definition) is 4. The Hall–Kier alpha value is -1.72. The molecule has 3 aliphatic heterocycles. The number of carbonyl (C=O) groups excluding carboxylic acids is 1. The van der Waals surface area contributed by atoms with Crippen molar-refractivity contribution in [2.45, 2.75) is 31.8 Å². The van der Waals surface area contributed by atoms with Crippen molar-refractivity contribution in [3.8, 4) is 10.4 Å². The van der Waals surface area contributed by atoms with Crippen LogP contribution in [0.2, 0.25) is 0 Å². The molecular weight excluding hydrogens is 306 g/mol. The van der Waals surface area contributed by atoms with Gasteiger partial charge in [0.15, 0.2) is 5.01 Å². The minimum atomic E-state index is -0.0252. The normalized spacial score (nSPS) is 29.4. The van der Waals surface area contributed by atoms with E-state index in [1.54, 1.807) is 6.20 Å². The van der Waals surface area contributed by atoms with E-state index in [2.05, 4.69) is 22.1 Å². The van der Waals surface area contributed by atoms with Crippen LogP contribution in [0.25, 0.3) is 10.4 Å². The highest BCUT2D eigenvalue weighted by Crippen LogP contribution is 2.32. The first-order valence-corrected chi connectivity index (χ1v) is 9.10. The van der Waals surface area contributed by atoms with Crippen molar-refractivity contribution in [2.24, 2.45) is 5.92 Å². The smallest absolute Gasteiger partial charge is 0.280 e. The molecule has 3 saturated heterocycles. The van der Waals surface area contributed by atoms with Gasteiger partial charge in [0.2, 0.25) is 0 Å². The standard InChI is InChI=1S/C18H21N3OS/c1-12-16(14-7-9-21(12)10-8-14)20-17(22)18-19-11-15(23-18)13-5-3-2-4-6-13/h2-6,11-12,14,16H,7-10H2,1H3,(H,20,22). The third-order valence-electron chi connectivity index (χ3n) is 5.23. The van der Waals surface area contributed by atoms with Crippen LogP contribution in [-0.4, -0.2) is 41.0 Å². The van der Waals surface area contributed by atoms with Crippen LogP contribution in [0.1, 0.15) is 29.6 Å². The fourth-order valence-electron chi connectivity index (χ4n) is 3.87. The Labute approximate surface area is 140 Å². The van der Waals surface area contributed by atoms with Gasteiger partial charge in [0.25, 0.3) is 5.91 Å². The number of amides is 1. The summed E-state index contributed by atoms with van der Waals surface area (Å²) in [6.07, 6.45) is 4.19. The summed E-state index contributed by atoms with van der Waals surface area (Å²) in [5.41, 5.74) is 1.11. The second kappa shape index (κ2) is 6.06. The SMILES string of the molecule is CC1C(NC(=O)c2ncc(-c3ccccc3)s2)C2CCN1CC2. The molecule has 23 heavy (non-hydrogen) atoms. The zero-order valence-corrected chi connectivity index (χ0v) is 14.1. The average Bonchev–Trinajstić information content (AvgIpc) is 3.09. The monoisotopic (exact) mass is 327 g/mol. The van der Waals surface area contributed by atoms with Crippen LogP contribution in [-0.2, 0) is 0 Å². The second-order valence-corrected chi connectivity index (χ2v) is 7.54. The van der Waals surface area contributed by atoms with Gasteiger partial charge in [0.1, 0.15) is 0 Å². The van der Waals surface area contributed by atoms with Crippen LogP contribution in [0.3, 0.4) is 0 Å². The van der Waals surface area contributed by atoms with Gasteiger partial charge in [-0.3, -0.25) is 9.69 Å². The van der Waals surface area contributed by atoms with Gasteiger partial charge in [-0.15, -0.1) is 11.3 Å². The van der Waals surface area contributed by atoms with E-state index in [9.17, 15) is 4.79 Å². The molecule has 2 aromatic rings. The van der Waals surface area contributed by atoms with Crippen LogP contribution >= 0.6 is 11.3 Å². The highest BCUT2D eigenvalue weighted by molar-refractivity contribution is 7.16. The summed E-state index contributed by atoms with van der Waals surface area (Å²) >= 11 is 1.47.